The molecule has 0 fully saturated rings. The maximum absolute atomic E-state index is 13.6. The summed E-state index contributed by atoms with van der Waals surface area (Å²) in [5.74, 6) is -1.62. The van der Waals surface area contributed by atoms with Gasteiger partial charge in [-0.25, -0.2) is 8.78 Å². The van der Waals surface area contributed by atoms with Gasteiger partial charge in [-0.05, 0) is 27.6 Å². The Morgan fingerprint density at radius 1 is 1.26 bits per heavy atom. The third-order valence-corrected chi connectivity index (χ3v) is 4.61. The van der Waals surface area contributed by atoms with Gasteiger partial charge in [0.1, 0.15) is 5.82 Å². The van der Waals surface area contributed by atoms with Crippen LogP contribution in [0.15, 0.2) is 46.9 Å². The van der Waals surface area contributed by atoms with Gasteiger partial charge in [-0.3, -0.25) is 4.79 Å². The molecule has 0 bridgehead atoms. The summed E-state index contributed by atoms with van der Waals surface area (Å²) in [7, 11) is 0. The summed E-state index contributed by atoms with van der Waals surface area (Å²) in [6.07, 6.45) is -0.678. The molecule has 1 atom stereocenters. The fourth-order valence-electron chi connectivity index (χ4n) is 1.87. The normalized spacial score (nSPS) is 12.0. The molecule has 0 radical (unpaired) electrons. The number of rotatable bonds is 6. The number of carbonyl (C=O) groups is 1. The van der Waals surface area contributed by atoms with Crippen molar-refractivity contribution >= 4 is 39.3 Å². The highest BCUT2D eigenvalue weighted by molar-refractivity contribution is 9.10. The number of halogens is 3. The summed E-state index contributed by atoms with van der Waals surface area (Å²) >= 11 is 4.23. The smallest absolute Gasteiger partial charge is 0.234 e. The van der Waals surface area contributed by atoms with E-state index in [4.69, 9.17) is 0 Å². The molecular formula is C16H14BrF2NO2S. The maximum Gasteiger partial charge on any atom is 0.234 e. The average Bonchev–Trinajstić information content (AvgIpc) is 2.51. The highest BCUT2D eigenvalue weighted by Crippen LogP contribution is 2.27. The molecule has 7 heteroatoms. The van der Waals surface area contributed by atoms with E-state index in [0.29, 0.717) is 11.8 Å². The highest BCUT2D eigenvalue weighted by atomic mass is 79.9. The quantitative estimate of drug-likeness (QED) is 0.764. The molecule has 2 aromatic rings. The number of carbonyl (C=O) groups excluding carboxylic acids is 1. The van der Waals surface area contributed by atoms with Gasteiger partial charge in [0.05, 0.1) is 17.5 Å². The van der Waals surface area contributed by atoms with Gasteiger partial charge in [0.2, 0.25) is 5.91 Å². The number of nitrogens with one attached hydrogen (secondary N) is 1. The monoisotopic (exact) mass is 401 g/mol. The standard InChI is InChI=1S/C16H14BrF2NO2S/c17-12-6-11(18)7-13(19)16(12)20-15(22)9-23-8-14(21)10-4-2-1-3-5-10/h1-7,14,21H,8-9H2,(H,20,22). The van der Waals surface area contributed by atoms with Crippen LogP contribution in [0.5, 0.6) is 0 Å². The summed E-state index contributed by atoms with van der Waals surface area (Å²) in [6.45, 7) is 0. The third kappa shape index (κ3) is 5.30. The summed E-state index contributed by atoms with van der Waals surface area (Å²) in [5.41, 5.74) is 0.674. The van der Waals surface area contributed by atoms with Crippen molar-refractivity contribution in [3.05, 3.63) is 64.1 Å². The molecule has 2 N–H and O–H groups in total. The number of thioether (sulfide) groups is 1. The van der Waals surface area contributed by atoms with E-state index in [0.717, 1.165) is 11.6 Å². The largest absolute Gasteiger partial charge is 0.388 e. The van der Waals surface area contributed by atoms with Crippen LogP contribution in [0.4, 0.5) is 14.5 Å². The van der Waals surface area contributed by atoms with Gasteiger partial charge in [-0.15, -0.1) is 11.8 Å². The molecule has 23 heavy (non-hydrogen) atoms. The lowest BCUT2D eigenvalue weighted by Gasteiger charge is -2.11. The molecule has 0 aromatic heterocycles. The van der Waals surface area contributed by atoms with E-state index in [1.165, 1.54) is 11.8 Å². The first-order valence-electron chi connectivity index (χ1n) is 6.72. The molecule has 0 saturated carbocycles. The second-order valence-corrected chi connectivity index (χ2v) is 6.62. The molecule has 0 heterocycles. The van der Waals surface area contributed by atoms with Crippen LogP contribution in [0.2, 0.25) is 0 Å². The average molecular weight is 402 g/mol. The Morgan fingerprint density at radius 2 is 1.96 bits per heavy atom. The summed E-state index contributed by atoms with van der Waals surface area (Å²) in [5, 5.41) is 12.4. The Labute approximate surface area is 145 Å². The van der Waals surface area contributed by atoms with Crippen molar-refractivity contribution in [3.8, 4) is 0 Å². The zero-order valence-corrected chi connectivity index (χ0v) is 14.3. The lowest BCUT2D eigenvalue weighted by Crippen LogP contribution is -2.16. The van der Waals surface area contributed by atoms with Crippen LogP contribution in [0.1, 0.15) is 11.7 Å². The molecular weight excluding hydrogens is 388 g/mol. The van der Waals surface area contributed by atoms with Crippen LogP contribution in [0.3, 0.4) is 0 Å². The molecule has 1 unspecified atom stereocenters. The minimum absolute atomic E-state index is 0.0488. The van der Waals surface area contributed by atoms with Crippen LogP contribution in [-0.2, 0) is 4.79 Å². The van der Waals surface area contributed by atoms with E-state index in [9.17, 15) is 18.7 Å². The lowest BCUT2D eigenvalue weighted by atomic mass is 10.1. The SMILES string of the molecule is O=C(CSCC(O)c1ccccc1)Nc1c(F)cc(F)cc1Br. The number of anilines is 1. The van der Waals surface area contributed by atoms with E-state index in [2.05, 4.69) is 21.2 Å². The van der Waals surface area contributed by atoms with E-state index in [-0.39, 0.29) is 15.9 Å². The molecule has 122 valence electrons. The number of benzene rings is 2. The Hall–Kier alpha value is -1.44. The van der Waals surface area contributed by atoms with Crippen LogP contribution >= 0.6 is 27.7 Å². The molecule has 1 amide bonds. The van der Waals surface area contributed by atoms with Crippen molar-refractivity contribution in [2.24, 2.45) is 0 Å². The van der Waals surface area contributed by atoms with Crippen LogP contribution in [0, 0.1) is 11.6 Å². The van der Waals surface area contributed by atoms with Gasteiger partial charge in [-0.2, -0.15) is 0 Å². The van der Waals surface area contributed by atoms with Gasteiger partial charge >= 0.3 is 0 Å². The lowest BCUT2D eigenvalue weighted by molar-refractivity contribution is -0.113. The van der Waals surface area contributed by atoms with Crippen molar-refractivity contribution in [3.63, 3.8) is 0 Å². The Bertz CT molecular complexity index is 662. The van der Waals surface area contributed by atoms with Crippen molar-refractivity contribution in [1.29, 1.82) is 0 Å². The molecule has 2 rings (SSSR count). The Morgan fingerprint density at radius 3 is 2.61 bits per heavy atom. The fourth-order valence-corrected chi connectivity index (χ4v) is 3.17. The van der Waals surface area contributed by atoms with Crippen molar-refractivity contribution in [2.75, 3.05) is 16.8 Å². The van der Waals surface area contributed by atoms with Gasteiger partial charge in [0.15, 0.2) is 5.82 Å². The second-order valence-electron chi connectivity index (χ2n) is 4.73. The number of hydrogen-bond acceptors (Lipinski definition) is 3. The summed E-state index contributed by atoms with van der Waals surface area (Å²) in [4.78, 5) is 11.8. The Kier molecular flexibility index (Phi) is 6.56. The number of aliphatic hydroxyl groups excluding tert-OH is 1. The first kappa shape index (κ1) is 17.9. The van der Waals surface area contributed by atoms with Gasteiger partial charge in [0, 0.05) is 16.3 Å². The summed E-state index contributed by atoms with van der Waals surface area (Å²) in [6, 6.07) is 10.9. The first-order valence-corrected chi connectivity index (χ1v) is 8.67. The highest BCUT2D eigenvalue weighted by Gasteiger charge is 2.14. The molecule has 0 saturated heterocycles. The van der Waals surface area contributed by atoms with Gasteiger partial charge in [0.25, 0.3) is 0 Å². The molecule has 2 aromatic carbocycles. The number of aliphatic hydroxyl groups is 1. The minimum Gasteiger partial charge on any atom is -0.388 e. The zero-order chi connectivity index (χ0) is 16.8. The fraction of sp³-hybridized carbons (Fsp3) is 0.188. The van der Waals surface area contributed by atoms with Crippen LogP contribution < -0.4 is 5.32 Å². The van der Waals surface area contributed by atoms with Crippen LogP contribution in [-0.4, -0.2) is 22.5 Å². The third-order valence-electron chi connectivity index (χ3n) is 2.96. The van der Waals surface area contributed by atoms with E-state index < -0.39 is 23.6 Å². The minimum atomic E-state index is -0.848. The second kappa shape index (κ2) is 8.42. The number of amides is 1. The zero-order valence-electron chi connectivity index (χ0n) is 11.9. The topological polar surface area (TPSA) is 49.3 Å². The van der Waals surface area contributed by atoms with Crippen molar-refractivity contribution in [2.45, 2.75) is 6.10 Å². The summed E-state index contributed by atoms with van der Waals surface area (Å²) < 4.78 is 26.7. The van der Waals surface area contributed by atoms with Crippen molar-refractivity contribution < 1.29 is 18.7 Å². The van der Waals surface area contributed by atoms with Crippen LogP contribution in [0.25, 0.3) is 0 Å². The molecule has 0 aliphatic carbocycles. The van der Waals surface area contributed by atoms with E-state index >= 15 is 0 Å². The Balaban J connectivity index is 1.84. The molecule has 3 nitrogen and oxygen atoms in total. The van der Waals surface area contributed by atoms with Gasteiger partial charge in [-0.1, -0.05) is 30.3 Å². The molecule has 0 spiro atoms. The predicted octanol–water partition coefficient (Wildman–Crippen LogP) is 4.13. The van der Waals surface area contributed by atoms with Crippen molar-refractivity contribution in [1.82, 2.24) is 0 Å². The number of hydrogen-bond donors (Lipinski definition) is 2. The van der Waals surface area contributed by atoms with E-state index in [1.807, 2.05) is 18.2 Å². The predicted molar refractivity (Wildman–Crippen MR) is 91.4 cm³/mol. The molecule has 0 aliphatic heterocycles. The molecule has 0 aliphatic rings. The van der Waals surface area contributed by atoms with Gasteiger partial charge < -0.3 is 10.4 Å². The van der Waals surface area contributed by atoms with E-state index in [1.54, 1.807) is 12.1 Å². The first-order chi connectivity index (χ1) is 11.0. The maximum atomic E-state index is 13.6.